The lowest BCUT2D eigenvalue weighted by Gasteiger charge is -2.08. The lowest BCUT2D eigenvalue weighted by atomic mass is 10.1. The zero-order chi connectivity index (χ0) is 19.5. The predicted octanol–water partition coefficient (Wildman–Crippen LogP) is 3.85. The quantitative estimate of drug-likeness (QED) is 0.520. The van der Waals surface area contributed by atoms with Crippen molar-refractivity contribution in [2.75, 3.05) is 6.61 Å². The Bertz CT molecular complexity index is 1240. The molecule has 1 N–H and O–H groups in total. The van der Waals surface area contributed by atoms with Crippen LogP contribution in [0.3, 0.4) is 0 Å². The summed E-state index contributed by atoms with van der Waals surface area (Å²) in [5, 5.41) is 2.99. The fraction of sp³-hybridized carbons (Fsp3) is 0.0952. The van der Waals surface area contributed by atoms with Gasteiger partial charge in [0, 0.05) is 5.02 Å². The van der Waals surface area contributed by atoms with E-state index in [0.29, 0.717) is 21.7 Å². The highest BCUT2D eigenvalue weighted by atomic mass is 35.5. The van der Waals surface area contributed by atoms with E-state index in [1.165, 1.54) is 0 Å². The molecule has 0 fully saturated rings. The number of benzene rings is 3. The molecule has 140 valence electrons. The molecule has 0 aliphatic carbocycles. The lowest BCUT2D eigenvalue weighted by Crippen LogP contribution is -2.18. The number of nitrogens with one attached hydrogen (secondary N) is 1. The summed E-state index contributed by atoms with van der Waals surface area (Å²) < 4.78 is 10.6. The first kappa shape index (κ1) is 18.0. The fourth-order valence-corrected chi connectivity index (χ4v) is 2.99. The van der Waals surface area contributed by atoms with E-state index in [-0.39, 0.29) is 24.6 Å². The Kier molecular flexibility index (Phi) is 4.95. The van der Waals surface area contributed by atoms with Crippen molar-refractivity contribution in [2.24, 2.45) is 0 Å². The summed E-state index contributed by atoms with van der Waals surface area (Å²) in [6, 6.07) is 18.2. The molecule has 0 spiro atoms. The lowest BCUT2D eigenvalue weighted by molar-refractivity contribution is -0.147. The molecule has 3 aromatic carbocycles. The van der Waals surface area contributed by atoms with Crippen molar-refractivity contribution in [1.29, 1.82) is 0 Å². The molecule has 4 aromatic rings. The Labute approximate surface area is 164 Å². The van der Waals surface area contributed by atoms with Crippen molar-refractivity contribution >= 4 is 39.2 Å². The Balaban J connectivity index is 1.38. The Morgan fingerprint density at radius 2 is 1.86 bits per heavy atom. The van der Waals surface area contributed by atoms with Crippen LogP contribution in [-0.2, 0) is 16.1 Å². The maximum Gasteiger partial charge on any atom is 0.344 e. The Morgan fingerprint density at radius 3 is 2.71 bits per heavy atom. The number of carbonyl (C=O) groups excluding carboxylic acids is 1. The number of ether oxygens (including phenoxy) is 2. The average molecular weight is 395 g/mol. The zero-order valence-corrected chi connectivity index (χ0v) is 15.4. The van der Waals surface area contributed by atoms with Gasteiger partial charge in [-0.3, -0.25) is 4.79 Å². The maximum atomic E-state index is 12.1. The SMILES string of the molecule is O=C(COc1ccc2ccccc2c1)OCc1nc2cc(Cl)ccc2c(=O)[nH]1. The van der Waals surface area contributed by atoms with Gasteiger partial charge < -0.3 is 14.5 Å². The van der Waals surface area contributed by atoms with Crippen LogP contribution in [0.15, 0.2) is 65.5 Å². The Morgan fingerprint density at radius 1 is 1.04 bits per heavy atom. The summed E-state index contributed by atoms with van der Waals surface area (Å²) in [6.07, 6.45) is 0. The number of halogens is 1. The van der Waals surface area contributed by atoms with E-state index in [1.54, 1.807) is 24.3 Å². The third-order valence-corrected chi connectivity index (χ3v) is 4.40. The molecule has 0 aliphatic heterocycles. The standard InChI is InChI=1S/C21H15ClN2O4/c22-15-6-8-17-18(10-15)23-19(24-21(17)26)11-28-20(25)12-27-16-7-5-13-3-1-2-4-14(13)9-16/h1-10H,11-12H2,(H,23,24,26). The largest absolute Gasteiger partial charge is 0.482 e. The molecular formula is C21H15ClN2O4. The molecule has 28 heavy (non-hydrogen) atoms. The summed E-state index contributed by atoms with van der Waals surface area (Å²) in [4.78, 5) is 30.9. The summed E-state index contributed by atoms with van der Waals surface area (Å²) >= 11 is 5.93. The van der Waals surface area contributed by atoms with Crippen molar-refractivity contribution in [3.05, 3.63) is 81.9 Å². The minimum absolute atomic E-state index is 0.169. The van der Waals surface area contributed by atoms with Gasteiger partial charge in [-0.2, -0.15) is 0 Å². The number of rotatable bonds is 5. The molecule has 1 heterocycles. The third kappa shape index (κ3) is 3.97. The van der Waals surface area contributed by atoms with Crippen molar-refractivity contribution in [1.82, 2.24) is 9.97 Å². The molecule has 0 aliphatic rings. The zero-order valence-electron chi connectivity index (χ0n) is 14.6. The van der Waals surface area contributed by atoms with E-state index >= 15 is 0 Å². The topological polar surface area (TPSA) is 81.3 Å². The molecule has 0 bridgehead atoms. The van der Waals surface area contributed by atoms with E-state index in [1.807, 2.05) is 36.4 Å². The first-order chi connectivity index (χ1) is 13.6. The first-order valence-electron chi connectivity index (χ1n) is 8.54. The first-order valence-corrected chi connectivity index (χ1v) is 8.92. The summed E-state index contributed by atoms with van der Waals surface area (Å²) in [5.41, 5.74) is 0.120. The van der Waals surface area contributed by atoms with E-state index in [4.69, 9.17) is 21.1 Å². The van der Waals surface area contributed by atoms with E-state index in [2.05, 4.69) is 9.97 Å². The number of H-pyrrole nitrogens is 1. The number of fused-ring (bicyclic) bond motifs is 2. The van der Waals surface area contributed by atoms with Crippen molar-refractivity contribution in [2.45, 2.75) is 6.61 Å². The second-order valence-electron chi connectivity index (χ2n) is 6.13. The van der Waals surface area contributed by atoms with Gasteiger partial charge in [-0.1, -0.05) is 41.9 Å². The van der Waals surface area contributed by atoms with Gasteiger partial charge in [0.2, 0.25) is 0 Å². The van der Waals surface area contributed by atoms with E-state index in [9.17, 15) is 9.59 Å². The molecule has 4 rings (SSSR count). The number of nitrogens with zero attached hydrogens (tertiary/aromatic N) is 1. The van der Waals surface area contributed by atoms with Gasteiger partial charge in [-0.15, -0.1) is 0 Å². The molecule has 0 radical (unpaired) electrons. The number of esters is 1. The Hall–Kier alpha value is -3.38. The highest BCUT2D eigenvalue weighted by molar-refractivity contribution is 6.31. The van der Waals surface area contributed by atoms with E-state index < -0.39 is 5.97 Å². The van der Waals surface area contributed by atoms with Crippen LogP contribution in [0.2, 0.25) is 5.02 Å². The van der Waals surface area contributed by atoms with Crippen LogP contribution < -0.4 is 10.3 Å². The number of aromatic amines is 1. The fourth-order valence-electron chi connectivity index (χ4n) is 2.82. The van der Waals surface area contributed by atoms with Gasteiger partial charge in [0.1, 0.15) is 18.2 Å². The smallest absolute Gasteiger partial charge is 0.344 e. The predicted molar refractivity (Wildman–Crippen MR) is 107 cm³/mol. The second-order valence-corrected chi connectivity index (χ2v) is 6.57. The monoisotopic (exact) mass is 394 g/mol. The van der Waals surface area contributed by atoms with Crippen LogP contribution in [0.1, 0.15) is 5.82 Å². The summed E-state index contributed by atoms with van der Waals surface area (Å²) in [7, 11) is 0. The highest BCUT2D eigenvalue weighted by Gasteiger charge is 2.09. The van der Waals surface area contributed by atoms with Crippen LogP contribution in [-0.4, -0.2) is 22.5 Å². The molecular weight excluding hydrogens is 380 g/mol. The van der Waals surface area contributed by atoms with Gasteiger partial charge in [0.25, 0.3) is 5.56 Å². The average Bonchev–Trinajstić information content (AvgIpc) is 2.70. The van der Waals surface area contributed by atoms with Crippen LogP contribution in [0.4, 0.5) is 0 Å². The number of carbonyl (C=O) groups is 1. The number of hydrogen-bond donors (Lipinski definition) is 1. The molecule has 6 nitrogen and oxygen atoms in total. The van der Waals surface area contributed by atoms with E-state index in [0.717, 1.165) is 10.8 Å². The van der Waals surface area contributed by atoms with Crippen LogP contribution in [0.25, 0.3) is 21.7 Å². The van der Waals surface area contributed by atoms with Crippen LogP contribution in [0.5, 0.6) is 5.75 Å². The maximum absolute atomic E-state index is 12.1. The van der Waals surface area contributed by atoms with Gasteiger partial charge >= 0.3 is 5.97 Å². The van der Waals surface area contributed by atoms with Gasteiger partial charge in [0.05, 0.1) is 10.9 Å². The molecule has 0 unspecified atom stereocenters. The second kappa shape index (κ2) is 7.70. The summed E-state index contributed by atoms with van der Waals surface area (Å²) in [5.74, 6) is 0.239. The molecule has 7 heteroatoms. The summed E-state index contributed by atoms with van der Waals surface area (Å²) in [6.45, 7) is -0.417. The van der Waals surface area contributed by atoms with Crippen molar-refractivity contribution in [3.8, 4) is 5.75 Å². The minimum Gasteiger partial charge on any atom is -0.482 e. The van der Waals surface area contributed by atoms with Gasteiger partial charge in [-0.25, -0.2) is 9.78 Å². The van der Waals surface area contributed by atoms with Crippen LogP contribution >= 0.6 is 11.6 Å². The molecule has 1 aromatic heterocycles. The number of aromatic nitrogens is 2. The normalized spacial score (nSPS) is 10.9. The van der Waals surface area contributed by atoms with Crippen molar-refractivity contribution in [3.63, 3.8) is 0 Å². The minimum atomic E-state index is -0.568. The van der Waals surface area contributed by atoms with Gasteiger partial charge in [0.15, 0.2) is 6.61 Å². The molecule has 0 saturated carbocycles. The van der Waals surface area contributed by atoms with Crippen LogP contribution in [0, 0.1) is 0 Å². The molecule has 0 saturated heterocycles. The molecule has 0 amide bonds. The van der Waals surface area contributed by atoms with Gasteiger partial charge in [-0.05, 0) is 41.1 Å². The highest BCUT2D eigenvalue weighted by Crippen LogP contribution is 2.20. The third-order valence-electron chi connectivity index (χ3n) is 4.17. The number of hydrogen-bond acceptors (Lipinski definition) is 5. The molecule has 0 atom stereocenters. The van der Waals surface area contributed by atoms with Crippen molar-refractivity contribution < 1.29 is 14.3 Å².